The number of ether oxygens (including phenoxy) is 1. The number of anilines is 1. The third-order valence-electron chi connectivity index (χ3n) is 8.80. The molecule has 1 saturated carbocycles. The summed E-state index contributed by atoms with van der Waals surface area (Å²) in [6, 6.07) is 5.76. The van der Waals surface area contributed by atoms with Crippen molar-refractivity contribution in [3.63, 3.8) is 0 Å². The quantitative estimate of drug-likeness (QED) is 0.401. The third-order valence-corrected chi connectivity index (χ3v) is 8.80. The number of imidazole rings is 1. The minimum absolute atomic E-state index is 0.0188. The Labute approximate surface area is 235 Å². The van der Waals surface area contributed by atoms with Crippen molar-refractivity contribution in [2.75, 3.05) is 38.6 Å². The van der Waals surface area contributed by atoms with Crippen molar-refractivity contribution in [1.29, 1.82) is 0 Å². The Bertz CT molecular complexity index is 1390. The number of nitrogens with one attached hydrogen (secondary N) is 1. The summed E-state index contributed by atoms with van der Waals surface area (Å²) in [7, 11) is 1.87. The molecule has 9 heteroatoms. The Morgan fingerprint density at radius 2 is 1.93 bits per heavy atom. The molecule has 2 aliphatic heterocycles. The Balaban J connectivity index is 1.39. The van der Waals surface area contributed by atoms with E-state index in [0.29, 0.717) is 25.4 Å². The molecule has 1 atom stereocenters. The monoisotopic (exact) mass is 546 g/mol. The van der Waals surface area contributed by atoms with Gasteiger partial charge in [-0.1, -0.05) is 12.5 Å². The molecule has 1 N–H and O–H groups in total. The van der Waals surface area contributed by atoms with Crippen LogP contribution in [0.25, 0.3) is 0 Å². The standard InChI is InChI=1S/C31H39FN6O2/c1-4-40-27-16-26(35-17-25(27)32)21(2)38-20-31(8-9-31)28-23(19-36-11-6-5-7-12-36)14-22(15-24(28)29(38)39)18-37-13-10-34-30(37)33-3/h10,13-17,21H,4-9,11-12,18-20H2,1-3H3,(H,33,34)/t21-/m0/s1. The third kappa shape index (κ3) is 4.96. The average Bonchev–Trinajstić information content (AvgIpc) is 3.59. The number of halogens is 1. The number of fused-ring (bicyclic) bond motifs is 2. The van der Waals surface area contributed by atoms with Crippen LogP contribution in [0.3, 0.4) is 0 Å². The number of benzene rings is 1. The number of hydrogen-bond acceptors (Lipinski definition) is 6. The number of rotatable bonds is 9. The molecule has 3 aromatic rings. The van der Waals surface area contributed by atoms with E-state index in [-0.39, 0.29) is 23.1 Å². The number of likely N-dealkylation sites (tertiary alicyclic amines) is 1. The van der Waals surface area contributed by atoms with Crippen LogP contribution in [0, 0.1) is 5.82 Å². The fraction of sp³-hybridized carbons (Fsp3) is 0.516. The number of carbonyl (C=O) groups excluding carboxylic acids is 1. The summed E-state index contributed by atoms with van der Waals surface area (Å²) in [6.45, 7) is 8.54. The second-order valence-corrected chi connectivity index (χ2v) is 11.5. The molecular weight excluding hydrogens is 507 g/mol. The summed E-state index contributed by atoms with van der Waals surface area (Å²) in [5.74, 6) is 0.504. The van der Waals surface area contributed by atoms with Crippen LogP contribution >= 0.6 is 0 Å². The Morgan fingerprint density at radius 1 is 1.12 bits per heavy atom. The lowest BCUT2D eigenvalue weighted by Crippen LogP contribution is -2.46. The molecule has 0 bridgehead atoms. The second-order valence-electron chi connectivity index (χ2n) is 11.5. The Morgan fingerprint density at radius 3 is 2.65 bits per heavy atom. The first kappa shape index (κ1) is 26.7. The van der Waals surface area contributed by atoms with Gasteiger partial charge in [0.15, 0.2) is 11.6 Å². The first-order chi connectivity index (χ1) is 19.4. The van der Waals surface area contributed by atoms with E-state index in [1.54, 1.807) is 12.3 Å². The van der Waals surface area contributed by atoms with Crippen LogP contribution in [0.15, 0.2) is 36.8 Å². The van der Waals surface area contributed by atoms with E-state index in [4.69, 9.17) is 4.74 Å². The van der Waals surface area contributed by atoms with Crippen molar-refractivity contribution in [2.24, 2.45) is 0 Å². The number of carbonyl (C=O) groups is 1. The molecular formula is C31H39FN6O2. The van der Waals surface area contributed by atoms with Gasteiger partial charge in [0, 0.05) is 49.6 Å². The van der Waals surface area contributed by atoms with Gasteiger partial charge in [0.25, 0.3) is 5.91 Å². The van der Waals surface area contributed by atoms with Gasteiger partial charge in [0.2, 0.25) is 5.95 Å². The zero-order valence-electron chi connectivity index (χ0n) is 23.8. The Hall–Kier alpha value is -3.46. The van der Waals surface area contributed by atoms with Crippen LogP contribution in [0.2, 0.25) is 0 Å². The van der Waals surface area contributed by atoms with Crippen LogP contribution in [0.1, 0.15) is 84.7 Å². The predicted octanol–water partition coefficient (Wildman–Crippen LogP) is 5.14. The zero-order chi connectivity index (χ0) is 27.9. The highest BCUT2D eigenvalue weighted by molar-refractivity contribution is 5.98. The van der Waals surface area contributed by atoms with E-state index in [1.165, 1.54) is 36.6 Å². The predicted molar refractivity (Wildman–Crippen MR) is 152 cm³/mol. The lowest BCUT2D eigenvalue weighted by molar-refractivity contribution is 0.0632. The first-order valence-corrected chi connectivity index (χ1v) is 14.6. The first-order valence-electron chi connectivity index (χ1n) is 14.6. The van der Waals surface area contributed by atoms with Crippen molar-refractivity contribution in [1.82, 2.24) is 24.3 Å². The molecule has 8 nitrogen and oxygen atoms in total. The fourth-order valence-corrected chi connectivity index (χ4v) is 6.59. The van der Waals surface area contributed by atoms with Crippen LogP contribution in [0.4, 0.5) is 10.3 Å². The molecule has 1 amide bonds. The number of piperidine rings is 1. The zero-order valence-corrected chi connectivity index (χ0v) is 23.8. The number of hydrogen-bond donors (Lipinski definition) is 1. The van der Waals surface area contributed by atoms with Crippen LogP contribution in [-0.2, 0) is 18.5 Å². The van der Waals surface area contributed by atoms with Crippen molar-refractivity contribution < 1.29 is 13.9 Å². The molecule has 0 radical (unpaired) electrons. The summed E-state index contributed by atoms with van der Waals surface area (Å²) in [5, 5.41) is 3.15. The molecule has 4 heterocycles. The number of amides is 1. The van der Waals surface area contributed by atoms with E-state index in [9.17, 15) is 9.18 Å². The highest BCUT2D eigenvalue weighted by atomic mass is 19.1. The molecule has 1 spiro atoms. The minimum atomic E-state index is -0.487. The van der Waals surface area contributed by atoms with Gasteiger partial charge in [0.1, 0.15) is 0 Å². The SMILES string of the molecule is CCOc1cc([C@H](C)N2CC3(CC3)c3c(CN4CCCCC4)cc(Cn4ccnc4NC)cc3C2=O)ncc1F. The van der Waals surface area contributed by atoms with Gasteiger partial charge >= 0.3 is 0 Å². The lowest BCUT2D eigenvalue weighted by atomic mass is 9.81. The van der Waals surface area contributed by atoms with Crippen molar-refractivity contribution in [3.05, 3.63) is 70.6 Å². The van der Waals surface area contributed by atoms with E-state index in [1.807, 2.05) is 32.0 Å². The molecule has 40 heavy (non-hydrogen) atoms. The second kappa shape index (κ2) is 10.8. The summed E-state index contributed by atoms with van der Waals surface area (Å²) in [5.41, 5.74) is 5.04. The Kier molecular flexibility index (Phi) is 7.25. The van der Waals surface area contributed by atoms with E-state index in [2.05, 4.69) is 36.9 Å². The normalized spacial score (nSPS) is 19.0. The van der Waals surface area contributed by atoms with Gasteiger partial charge < -0.3 is 19.5 Å². The van der Waals surface area contributed by atoms with E-state index < -0.39 is 5.82 Å². The molecule has 6 rings (SSSR count). The smallest absolute Gasteiger partial charge is 0.254 e. The highest BCUT2D eigenvalue weighted by Gasteiger charge is 2.53. The maximum absolute atomic E-state index is 14.3. The largest absolute Gasteiger partial charge is 0.491 e. The average molecular weight is 547 g/mol. The number of pyridine rings is 1. The summed E-state index contributed by atoms with van der Waals surface area (Å²) < 4.78 is 21.8. The molecule has 2 aromatic heterocycles. The van der Waals surface area contributed by atoms with Gasteiger partial charge in [-0.25, -0.2) is 9.37 Å². The van der Waals surface area contributed by atoms with E-state index in [0.717, 1.165) is 49.6 Å². The van der Waals surface area contributed by atoms with E-state index >= 15 is 0 Å². The summed E-state index contributed by atoms with van der Waals surface area (Å²) in [6.07, 6.45) is 10.8. The molecule has 1 aromatic carbocycles. The van der Waals surface area contributed by atoms with Crippen LogP contribution in [-0.4, -0.2) is 63.5 Å². The molecule has 1 aliphatic carbocycles. The number of aromatic nitrogens is 3. The number of nitrogens with zero attached hydrogens (tertiary/aromatic N) is 5. The van der Waals surface area contributed by atoms with Gasteiger partial charge in [-0.3, -0.25) is 14.7 Å². The topological polar surface area (TPSA) is 75.5 Å². The van der Waals surface area contributed by atoms with Crippen molar-refractivity contribution >= 4 is 11.9 Å². The maximum Gasteiger partial charge on any atom is 0.254 e. The van der Waals surface area contributed by atoms with Crippen molar-refractivity contribution in [3.8, 4) is 5.75 Å². The van der Waals surface area contributed by atoms with Gasteiger partial charge in [-0.2, -0.15) is 0 Å². The van der Waals surface area contributed by atoms with Gasteiger partial charge in [0.05, 0.1) is 31.1 Å². The van der Waals surface area contributed by atoms with Gasteiger partial charge in [-0.15, -0.1) is 0 Å². The highest BCUT2D eigenvalue weighted by Crippen LogP contribution is 2.55. The van der Waals surface area contributed by atoms with Crippen molar-refractivity contribution in [2.45, 2.75) is 70.5 Å². The van der Waals surface area contributed by atoms with Crippen LogP contribution < -0.4 is 10.1 Å². The molecule has 212 valence electrons. The van der Waals surface area contributed by atoms with Gasteiger partial charge in [-0.05, 0) is 75.4 Å². The summed E-state index contributed by atoms with van der Waals surface area (Å²) >= 11 is 0. The van der Waals surface area contributed by atoms with Crippen LogP contribution in [0.5, 0.6) is 5.75 Å². The fourth-order valence-electron chi connectivity index (χ4n) is 6.59. The molecule has 0 unspecified atom stereocenters. The maximum atomic E-state index is 14.3. The molecule has 2 fully saturated rings. The lowest BCUT2D eigenvalue weighted by Gasteiger charge is -2.40. The minimum Gasteiger partial charge on any atom is -0.491 e. The summed E-state index contributed by atoms with van der Waals surface area (Å²) in [4.78, 5) is 27.5. The molecule has 1 saturated heterocycles. The molecule has 3 aliphatic rings.